The quantitative estimate of drug-likeness (QED) is 0.430. The van der Waals surface area contributed by atoms with Crippen molar-refractivity contribution in [3.63, 3.8) is 0 Å². The molecule has 0 atom stereocenters. The lowest BCUT2D eigenvalue weighted by Crippen LogP contribution is -2.18. The summed E-state index contributed by atoms with van der Waals surface area (Å²) in [6.07, 6.45) is 0. The Morgan fingerprint density at radius 2 is 1.60 bits per heavy atom. The first-order chi connectivity index (χ1) is 16.4. The van der Waals surface area contributed by atoms with E-state index in [-0.39, 0.29) is 17.1 Å². The molecule has 1 heterocycles. The Morgan fingerprint density at radius 3 is 2.29 bits per heavy atom. The van der Waals surface area contributed by atoms with E-state index in [4.69, 9.17) is 9.47 Å². The van der Waals surface area contributed by atoms with E-state index in [2.05, 4.69) is 37.4 Å². The maximum Gasteiger partial charge on any atom is 0.261 e. The Labute approximate surface area is 208 Å². The zero-order valence-corrected chi connectivity index (χ0v) is 21.7. The van der Waals surface area contributed by atoms with Gasteiger partial charge in [-0.3, -0.25) is 4.72 Å². The highest BCUT2D eigenvalue weighted by molar-refractivity contribution is 7.92. The summed E-state index contributed by atoms with van der Waals surface area (Å²) < 4.78 is 40.1. The molecule has 0 amide bonds. The molecular weight excluding hydrogens is 460 g/mol. The molecule has 3 aromatic carbocycles. The van der Waals surface area contributed by atoms with Crippen molar-refractivity contribution >= 4 is 21.4 Å². The molecule has 0 aliphatic carbocycles. The molecule has 0 radical (unpaired) electrons. The fraction of sp³-hybridized carbons (Fsp3) is 0.286. The van der Waals surface area contributed by atoms with Gasteiger partial charge in [-0.05, 0) is 77.9 Å². The first kappa shape index (κ1) is 24.7. The molecule has 1 aliphatic heterocycles. The number of rotatable bonds is 7. The highest BCUT2D eigenvalue weighted by atomic mass is 32.2. The lowest BCUT2D eigenvalue weighted by molar-refractivity contribution is 0.174. The minimum absolute atomic E-state index is 0.0572. The summed E-state index contributed by atoms with van der Waals surface area (Å²) in [5, 5.41) is 3.32. The topological polar surface area (TPSA) is 76.7 Å². The van der Waals surface area contributed by atoms with E-state index in [1.54, 1.807) is 12.1 Å². The average molecular weight is 493 g/mol. The van der Waals surface area contributed by atoms with Crippen molar-refractivity contribution in [3.8, 4) is 11.5 Å². The monoisotopic (exact) mass is 492 g/mol. The van der Waals surface area contributed by atoms with Crippen LogP contribution in [0.5, 0.6) is 11.5 Å². The Bertz CT molecular complexity index is 1370. The van der Waals surface area contributed by atoms with Gasteiger partial charge in [-0.1, -0.05) is 45.5 Å². The molecule has 35 heavy (non-hydrogen) atoms. The lowest BCUT2D eigenvalue weighted by atomic mass is 9.87. The van der Waals surface area contributed by atoms with Crippen molar-refractivity contribution in [2.75, 3.05) is 11.5 Å². The number of aryl methyl sites for hydroxylation is 2. The Kier molecular flexibility index (Phi) is 6.56. The number of sulfonamides is 1. The predicted octanol–water partition coefficient (Wildman–Crippen LogP) is 5.89. The molecule has 7 heteroatoms. The third kappa shape index (κ3) is 5.46. The molecule has 1 aliphatic rings. The van der Waals surface area contributed by atoms with Crippen LogP contribution in [0.4, 0.5) is 5.69 Å². The zero-order chi connectivity index (χ0) is 25.4. The number of benzene rings is 3. The molecule has 0 saturated carbocycles. The highest BCUT2D eigenvalue weighted by Crippen LogP contribution is 2.33. The zero-order valence-electron chi connectivity index (χ0n) is 20.9. The second-order valence-corrected chi connectivity index (χ2v) is 11.6. The van der Waals surface area contributed by atoms with Crippen LogP contribution in [-0.4, -0.2) is 15.2 Å². The van der Waals surface area contributed by atoms with Gasteiger partial charge in [0.1, 0.15) is 0 Å². The first-order valence-electron chi connectivity index (χ1n) is 11.5. The van der Waals surface area contributed by atoms with Gasteiger partial charge in [-0.25, -0.2) is 8.42 Å². The molecule has 0 fully saturated rings. The van der Waals surface area contributed by atoms with E-state index < -0.39 is 10.0 Å². The summed E-state index contributed by atoms with van der Waals surface area (Å²) in [5.74, 6) is 1.45. The Balaban J connectivity index is 1.56. The van der Waals surface area contributed by atoms with Crippen LogP contribution in [-0.2, 0) is 22.0 Å². The number of hydrogen-bond donors (Lipinski definition) is 2. The van der Waals surface area contributed by atoms with E-state index in [9.17, 15) is 8.42 Å². The van der Waals surface area contributed by atoms with Crippen LogP contribution >= 0.6 is 0 Å². The third-order valence-electron chi connectivity index (χ3n) is 6.18. The van der Waals surface area contributed by atoms with Crippen molar-refractivity contribution in [1.29, 1.82) is 0 Å². The predicted molar refractivity (Wildman–Crippen MR) is 140 cm³/mol. The summed E-state index contributed by atoms with van der Waals surface area (Å²) in [6.45, 7) is 15.1. The number of anilines is 1. The molecule has 0 spiro atoms. The van der Waals surface area contributed by atoms with E-state index in [0.29, 0.717) is 29.2 Å². The van der Waals surface area contributed by atoms with E-state index in [1.165, 1.54) is 0 Å². The summed E-state index contributed by atoms with van der Waals surface area (Å²) in [5.41, 5.74) is 5.84. The number of fused-ring (bicyclic) bond motifs is 1. The van der Waals surface area contributed by atoms with Gasteiger partial charge >= 0.3 is 0 Å². The van der Waals surface area contributed by atoms with Crippen molar-refractivity contribution in [2.24, 2.45) is 0 Å². The van der Waals surface area contributed by atoms with Crippen molar-refractivity contribution in [1.82, 2.24) is 5.32 Å². The maximum absolute atomic E-state index is 13.2. The van der Waals surface area contributed by atoms with Gasteiger partial charge in [0.15, 0.2) is 11.5 Å². The third-order valence-corrected chi connectivity index (χ3v) is 7.56. The van der Waals surface area contributed by atoms with Gasteiger partial charge in [-0.15, -0.1) is 0 Å². The van der Waals surface area contributed by atoms with Crippen LogP contribution in [0, 0.1) is 13.8 Å². The van der Waals surface area contributed by atoms with Crippen LogP contribution in [0.3, 0.4) is 0 Å². The van der Waals surface area contributed by atoms with E-state index in [0.717, 1.165) is 28.0 Å². The molecule has 0 bridgehead atoms. The molecule has 6 nitrogen and oxygen atoms in total. The van der Waals surface area contributed by atoms with Crippen molar-refractivity contribution in [2.45, 2.75) is 51.5 Å². The standard InChI is InChI=1S/C28H32N2O4S/c1-18-13-24(20(3)29-16-21-7-12-26-27(15-21)34-17-33-26)25(14-19(18)2)30-35(31,32)23-10-8-22(9-11-23)28(4,5)6/h7-15,29-30H,3,16-17H2,1-2,4-6H3. The molecule has 3 aromatic rings. The maximum atomic E-state index is 13.2. The molecule has 184 valence electrons. The van der Waals surface area contributed by atoms with Crippen molar-refractivity contribution in [3.05, 3.63) is 89.0 Å². The second kappa shape index (κ2) is 9.30. The van der Waals surface area contributed by atoms with Crippen LogP contribution in [0.2, 0.25) is 0 Å². The van der Waals surface area contributed by atoms with Crippen LogP contribution in [0.1, 0.15) is 48.6 Å². The molecule has 2 N–H and O–H groups in total. The highest BCUT2D eigenvalue weighted by Gasteiger charge is 2.20. The van der Waals surface area contributed by atoms with Crippen LogP contribution < -0.4 is 19.5 Å². The van der Waals surface area contributed by atoms with Gasteiger partial charge < -0.3 is 14.8 Å². The lowest BCUT2D eigenvalue weighted by Gasteiger charge is -2.20. The number of nitrogens with one attached hydrogen (secondary N) is 2. The summed E-state index contributed by atoms with van der Waals surface area (Å²) in [7, 11) is -3.78. The molecule has 0 saturated heterocycles. The second-order valence-electron chi connectivity index (χ2n) is 9.88. The molecule has 0 aromatic heterocycles. The fourth-order valence-electron chi connectivity index (χ4n) is 3.84. The first-order valence-corrected chi connectivity index (χ1v) is 13.0. The fourth-order valence-corrected chi connectivity index (χ4v) is 4.91. The molecular formula is C28H32N2O4S. The van der Waals surface area contributed by atoms with E-state index >= 15 is 0 Å². The number of ether oxygens (including phenoxy) is 2. The van der Waals surface area contributed by atoms with Crippen molar-refractivity contribution < 1.29 is 17.9 Å². The normalized spacial score (nSPS) is 12.9. The van der Waals surface area contributed by atoms with Gasteiger partial charge in [0.2, 0.25) is 6.79 Å². The smallest absolute Gasteiger partial charge is 0.261 e. The van der Waals surface area contributed by atoms with Crippen LogP contribution in [0.25, 0.3) is 5.70 Å². The molecule has 0 unspecified atom stereocenters. The van der Waals surface area contributed by atoms with Crippen LogP contribution in [0.15, 0.2) is 66.1 Å². The number of hydrogen-bond acceptors (Lipinski definition) is 5. The van der Waals surface area contributed by atoms with Gasteiger partial charge in [0, 0.05) is 17.8 Å². The van der Waals surface area contributed by atoms with E-state index in [1.807, 2.05) is 56.3 Å². The van der Waals surface area contributed by atoms with Gasteiger partial charge in [-0.2, -0.15) is 0 Å². The largest absolute Gasteiger partial charge is 0.454 e. The SMILES string of the molecule is C=C(NCc1ccc2c(c1)OCO2)c1cc(C)c(C)cc1NS(=O)(=O)c1ccc(C(C)(C)C)cc1. The Hall–Kier alpha value is -3.45. The summed E-state index contributed by atoms with van der Waals surface area (Å²) >= 11 is 0. The summed E-state index contributed by atoms with van der Waals surface area (Å²) in [6, 6.07) is 16.6. The minimum Gasteiger partial charge on any atom is -0.454 e. The average Bonchev–Trinajstić information content (AvgIpc) is 3.27. The van der Waals surface area contributed by atoms with Gasteiger partial charge in [0.25, 0.3) is 10.0 Å². The summed E-state index contributed by atoms with van der Waals surface area (Å²) in [4.78, 5) is 0.216. The minimum atomic E-state index is -3.78. The van der Waals surface area contributed by atoms with Gasteiger partial charge in [0.05, 0.1) is 10.6 Å². The molecule has 4 rings (SSSR count). The Morgan fingerprint density at radius 1 is 0.943 bits per heavy atom.